The smallest absolute Gasteiger partial charge is 0.226 e. The van der Waals surface area contributed by atoms with Crippen LogP contribution in [0.1, 0.15) is 18.5 Å². The minimum absolute atomic E-state index is 0.0208. The topological polar surface area (TPSA) is 64.9 Å². The summed E-state index contributed by atoms with van der Waals surface area (Å²) in [6.07, 6.45) is 5.36. The lowest BCUT2D eigenvalue weighted by atomic mass is 10.1. The summed E-state index contributed by atoms with van der Waals surface area (Å²) in [6, 6.07) is 11.7. The molecule has 6 heteroatoms. The maximum Gasteiger partial charge on any atom is 0.226 e. The van der Waals surface area contributed by atoms with E-state index in [1.807, 2.05) is 35.1 Å². The van der Waals surface area contributed by atoms with Gasteiger partial charge in [-0.15, -0.1) is 0 Å². The van der Waals surface area contributed by atoms with Crippen molar-refractivity contribution in [2.24, 2.45) is 0 Å². The lowest BCUT2D eigenvalue weighted by Gasteiger charge is -2.18. The van der Waals surface area contributed by atoms with E-state index in [9.17, 15) is 0 Å². The summed E-state index contributed by atoms with van der Waals surface area (Å²) in [5.41, 5.74) is 2.13. The molecular weight excluding hydrogens is 278 g/mol. The van der Waals surface area contributed by atoms with Crippen molar-refractivity contribution >= 4 is 5.95 Å². The van der Waals surface area contributed by atoms with Gasteiger partial charge in [0.15, 0.2) is 0 Å². The van der Waals surface area contributed by atoms with Crippen molar-refractivity contribution in [2.75, 3.05) is 12.4 Å². The van der Waals surface area contributed by atoms with Gasteiger partial charge in [0.1, 0.15) is 0 Å². The normalized spacial score (nSPS) is 11.9. The second kappa shape index (κ2) is 6.26. The Balaban J connectivity index is 1.88. The SMILES string of the molecule is COc1ccnc(NC(C)c2ccccc2-n2cccn2)n1. The lowest BCUT2D eigenvalue weighted by molar-refractivity contribution is 0.397. The molecular formula is C16H17N5O. The number of para-hydroxylation sites is 1. The highest BCUT2D eigenvalue weighted by molar-refractivity contribution is 5.45. The molecule has 22 heavy (non-hydrogen) atoms. The van der Waals surface area contributed by atoms with Gasteiger partial charge < -0.3 is 10.1 Å². The Morgan fingerprint density at radius 1 is 1.14 bits per heavy atom. The molecule has 0 aliphatic heterocycles. The maximum atomic E-state index is 5.12. The summed E-state index contributed by atoms with van der Waals surface area (Å²) >= 11 is 0. The Morgan fingerprint density at radius 3 is 2.77 bits per heavy atom. The van der Waals surface area contributed by atoms with Crippen LogP contribution >= 0.6 is 0 Å². The van der Waals surface area contributed by atoms with Crippen LogP contribution in [0.15, 0.2) is 55.0 Å². The average molecular weight is 295 g/mol. The Morgan fingerprint density at radius 2 is 2.00 bits per heavy atom. The summed E-state index contributed by atoms with van der Waals surface area (Å²) < 4.78 is 6.97. The molecule has 0 bridgehead atoms. The van der Waals surface area contributed by atoms with Crippen LogP contribution in [0.4, 0.5) is 5.95 Å². The molecule has 1 atom stereocenters. The number of nitrogens with one attached hydrogen (secondary N) is 1. The van der Waals surface area contributed by atoms with Crippen LogP contribution in [0.5, 0.6) is 5.88 Å². The van der Waals surface area contributed by atoms with E-state index >= 15 is 0 Å². The highest BCUT2D eigenvalue weighted by Gasteiger charge is 2.13. The van der Waals surface area contributed by atoms with E-state index in [0.29, 0.717) is 11.8 Å². The first-order valence-electron chi connectivity index (χ1n) is 7.00. The van der Waals surface area contributed by atoms with Crippen molar-refractivity contribution in [3.63, 3.8) is 0 Å². The first-order valence-corrected chi connectivity index (χ1v) is 7.00. The molecule has 1 unspecified atom stereocenters. The van der Waals surface area contributed by atoms with Crippen molar-refractivity contribution in [3.8, 4) is 11.6 Å². The van der Waals surface area contributed by atoms with E-state index in [1.54, 1.807) is 25.6 Å². The molecule has 0 saturated carbocycles. The van der Waals surface area contributed by atoms with Crippen LogP contribution < -0.4 is 10.1 Å². The number of hydrogen-bond acceptors (Lipinski definition) is 5. The van der Waals surface area contributed by atoms with E-state index in [4.69, 9.17) is 4.74 Å². The van der Waals surface area contributed by atoms with Crippen molar-refractivity contribution in [1.82, 2.24) is 19.7 Å². The van der Waals surface area contributed by atoms with Crippen LogP contribution in [-0.4, -0.2) is 26.9 Å². The monoisotopic (exact) mass is 295 g/mol. The van der Waals surface area contributed by atoms with Gasteiger partial charge in [0.25, 0.3) is 0 Å². The van der Waals surface area contributed by atoms with Gasteiger partial charge in [0.2, 0.25) is 11.8 Å². The Kier molecular flexibility index (Phi) is 4.00. The van der Waals surface area contributed by atoms with Gasteiger partial charge in [-0.25, -0.2) is 9.67 Å². The molecule has 0 spiro atoms. The van der Waals surface area contributed by atoms with Crippen molar-refractivity contribution in [1.29, 1.82) is 0 Å². The Labute approximate surface area is 128 Å². The van der Waals surface area contributed by atoms with Crippen LogP contribution in [0.2, 0.25) is 0 Å². The van der Waals surface area contributed by atoms with Gasteiger partial charge in [-0.1, -0.05) is 18.2 Å². The molecule has 3 rings (SSSR count). The quantitative estimate of drug-likeness (QED) is 0.784. The van der Waals surface area contributed by atoms with Gasteiger partial charge in [0.05, 0.1) is 18.8 Å². The van der Waals surface area contributed by atoms with E-state index in [0.717, 1.165) is 11.3 Å². The highest BCUT2D eigenvalue weighted by Crippen LogP contribution is 2.23. The molecule has 0 aliphatic carbocycles. The zero-order chi connectivity index (χ0) is 15.4. The molecule has 3 aromatic rings. The number of nitrogens with zero attached hydrogens (tertiary/aromatic N) is 4. The molecule has 1 aromatic carbocycles. The third kappa shape index (κ3) is 2.90. The van der Waals surface area contributed by atoms with Gasteiger partial charge in [-0.2, -0.15) is 10.1 Å². The zero-order valence-corrected chi connectivity index (χ0v) is 12.5. The van der Waals surface area contributed by atoms with Crippen molar-refractivity contribution in [2.45, 2.75) is 13.0 Å². The van der Waals surface area contributed by atoms with Crippen LogP contribution in [0.3, 0.4) is 0 Å². The first-order chi connectivity index (χ1) is 10.8. The summed E-state index contributed by atoms with van der Waals surface area (Å²) in [7, 11) is 1.59. The van der Waals surface area contributed by atoms with Gasteiger partial charge in [0, 0.05) is 24.7 Å². The number of ether oxygens (including phenoxy) is 1. The fraction of sp³-hybridized carbons (Fsp3) is 0.188. The minimum atomic E-state index is 0.0208. The molecule has 2 aromatic heterocycles. The fourth-order valence-corrected chi connectivity index (χ4v) is 2.27. The van der Waals surface area contributed by atoms with Crippen LogP contribution in [0.25, 0.3) is 5.69 Å². The van der Waals surface area contributed by atoms with Gasteiger partial charge in [-0.3, -0.25) is 0 Å². The Hall–Kier alpha value is -2.89. The third-order valence-corrected chi connectivity index (χ3v) is 3.34. The molecule has 0 saturated heterocycles. The lowest BCUT2D eigenvalue weighted by Crippen LogP contribution is -2.12. The summed E-state index contributed by atoms with van der Waals surface area (Å²) in [6.45, 7) is 2.06. The number of hydrogen-bond donors (Lipinski definition) is 1. The third-order valence-electron chi connectivity index (χ3n) is 3.34. The van der Waals surface area contributed by atoms with Crippen LogP contribution in [0, 0.1) is 0 Å². The molecule has 0 radical (unpaired) electrons. The van der Waals surface area contributed by atoms with E-state index in [2.05, 4.69) is 33.4 Å². The first kappa shape index (κ1) is 14.1. The van der Waals surface area contributed by atoms with E-state index in [1.165, 1.54) is 0 Å². The molecule has 112 valence electrons. The summed E-state index contributed by atoms with van der Waals surface area (Å²) in [5.74, 6) is 1.06. The number of methoxy groups -OCH3 is 1. The van der Waals surface area contributed by atoms with E-state index in [-0.39, 0.29) is 6.04 Å². The average Bonchev–Trinajstić information content (AvgIpc) is 3.09. The number of aromatic nitrogens is 4. The molecule has 6 nitrogen and oxygen atoms in total. The predicted molar refractivity (Wildman–Crippen MR) is 84.2 cm³/mol. The second-order valence-corrected chi connectivity index (χ2v) is 4.80. The van der Waals surface area contributed by atoms with Gasteiger partial charge in [-0.05, 0) is 24.6 Å². The van der Waals surface area contributed by atoms with Crippen molar-refractivity contribution in [3.05, 3.63) is 60.6 Å². The molecule has 0 amide bonds. The summed E-state index contributed by atoms with van der Waals surface area (Å²) in [4.78, 5) is 8.50. The second-order valence-electron chi connectivity index (χ2n) is 4.80. The van der Waals surface area contributed by atoms with E-state index < -0.39 is 0 Å². The standard InChI is InChI=1S/C16H17N5O/c1-12(19-16-17-10-8-15(20-16)22-2)13-6-3-4-7-14(13)21-11-5-9-18-21/h3-12H,1-2H3,(H,17,19,20). The van der Waals surface area contributed by atoms with Crippen molar-refractivity contribution < 1.29 is 4.74 Å². The van der Waals surface area contributed by atoms with Crippen LogP contribution in [-0.2, 0) is 0 Å². The largest absolute Gasteiger partial charge is 0.481 e. The molecule has 0 fully saturated rings. The molecule has 0 aliphatic rings. The number of benzene rings is 1. The maximum absolute atomic E-state index is 5.12. The fourth-order valence-electron chi connectivity index (χ4n) is 2.27. The van der Waals surface area contributed by atoms with Gasteiger partial charge >= 0.3 is 0 Å². The molecule has 2 heterocycles. The highest BCUT2D eigenvalue weighted by atomic mass is 16.5. The Bertz CT molecular complexity index is 742. The molecule has 1 N–H and O–H groups in total. The number of rotatable bonds is 5. The zero-order valence-electron chi connectivity index (χ0n) is 12.5. The number of anilines is 1. The minimum Gasteiger partial charge on any atom is -0.481 e. The predicted octanol–water partition coefficient (Wildman–Crippen LogP) is 2.84. The summed E-state index contributed by atoms with van der Waals surface area (Å²) in [5, 5.41) is 7.59.